The number of nitrogens with zero attached hydrogens (tertiary/aromatic N) is 5. The molecule has 8 heteroatoms. The van der Waals surface area contributed by atoms with Gasteiger partial charge < -0.3 is 4.90 Å². The minimum atomic E-state index is 0.178. The van der Waals surface area contributed by atoms with Crippen molar-refractivity contribution in [3.63, 3.8) is 0 Å². The zero-order chi connectivity index (χ0) is 19.2. The van der Waals surface area contributed by atoms with Crippen LogP contribution in [0.4, 0.5) is 0 Å². The van der Waals surface area contributed by atoms with Gasteiger partial charge in [-0.25, -0.2) is 0 Å². The van der Waals surface area contributed by atoms with Gasteiger partial charge >= 0.3 is 0 Å². The SMILES string of the molecule is CC1(C)C[C@H]2C[C@](C)(CN2C(=O)CSc2nnnn2-c2ccc(Cl)cc2)C1. The van der Waals surface area contributed by atoms with Crippen LogP contribution in [-0.4, -0.2) is 49.4 Å². The van der Waals surface area contributed by atoms with Crippen LogP contribution in [0.3, 0.4) is 0 Å². The van der Waals surface area contributed by atoms with Crippen molar-refractivity contribution in [2.75, 3.05) is 12.3 Å². The Bertz CT molecular complexity index is 852. The predicted octanol–water partition coefficient (Wildman–Crippen LogP) is 3.84. The van der Waals surface area contributed by atoms with Gasteiger partial charge in [0.05, 0.1) is 11.4 Å². The molecule has 2 bridgehead atoms. The van der Waals surface area contributed by atoms with E-state index in [0.29, 0.717) is 27.4 Å². The van der Waals surface area contributed by atoms with Gasteiger partial charge in [-0.05, 0) is 64.8 Å². The molecule has 1 amide bonds. The van der Waals surface area contributed by atoms with E-state index in [4.69, 9.17) is 11.6 Å². The van der Waals surface area contributed by atoms with Crippen molar-refractivity contribution in [1.82, 2.24) is 25.1 Å². The second-order valence-corrected chi connectivity index (χ2v) is 10.3. The van der Waals surface area contributed by atoms with Crippen molar-refractivity contribution >= 4 is 29.3 Å². The van der Waals surface area contributed by atoms with Gasteiger partial charge in [0.2, 0.25) is 11.1 Å². The Balaban J connectivity index is 1.44. The molecule has 144 valence electrons. The number of carbonyl (C=O) groups is 1. The van der Waals surface area contributed by atoms with Crippen LogP contribution in [0.25, 0.3) is 5.69 Å². The van der Waals surface area contributed by atoms with E-state index in [1.54, 1.807) is 16.8 Å². The summed E-state index contributed by atoms with van der Waals surface area (Å²) in [7, 11) is 0. The Morgan fingerprint density at radius 2 is 2.00 bits per heavy atom. The molecule has 1 aromatic carbocycles. The number of benzene rings is 1. The highest BCUT2D eigenvalue weighted by Gasteiger charge is 2.50. The number of carbonyl (C=O) groups excluding carboxylic acids is 1. The van der Waals surface area contributed by atoms with E-state index in [-0.39, 0.29) is 11.3 Å². The molecule has 4 rings (SSSR count). The molecular formula is C19H24ClN5OS. The summed E-state index contributed by atoms with van der Waals surface area (Å²) >= 11 is 7.33. The standard InChI is InChI=1S/C19H24ClN5OS/c1-18(2)8-15-9-19(3,11-18)12-24(15)16(26)10-27-17-21-22-23-25(17)14-6-4-13(20)5-7-14/h4-7,15H,8-12H2,1-3H3/t15-,19-/m0/s1. The van der Waals surface area contributed by atoms with Crippen LogP contribution in [0.2, 0.25) is 5.02 Å². The van der Waals surface area contributed by atoms with Crippen molar-refractivity contribution < 1.29 is 4.79 Å². The fourth-order valence-corrected chi connectivity index (χ4v) is 5.88. The topological polar surface area (TPSA) is 63.9 Å². The lowest BCUT2D eigenvalue weighted by Gasteiger charge is -2.39. The molecule has 0 N–H and O–H groups in total. The Labute approximate surface area is 168 Å². The lowest BCUT2D eigenvalue weighted by Crippen LogP contribution is -2.38. The Hall–Kier alpha value is -1.60. The number of aromatic nitrogens is 4. The van der Waals surface area contributed by atoms with Gasteiger partial charge in [0, 0.05) is 17.6 Å². The summed E-state index contributed by atoms with van der Waals surface area (Å²) < 4.78 is 1.64. The average Bonchev–Trinajstić information content (AvgIpc) is 3.14. The van der Waals surface area contributed by atoms with Crippen molar-refractivity contribution in [3.05, 3.63) is 29.3 Å². The molecule has 6 nitrogen and oxygen atoms in total. The summed E-state index contributed by atoms with van der Waals surface area (Å²) in [5.74, 6) is 0.526. The van der Waals surface area contributed by atoms with Crippen molar-refractivity contribution in [2.24, 2.45) is 10.8 Å². The molecular weight excluding hydrogens is 382 g/mol. The first kappa shape index (κ1) is 18.7. The van der Waals surface area contributed by atoms with Gasteiger partial charge in [-0.1, -0.05) is 44.1 Å². The van der Waals surface area contributed by atoms with Gasteiger partial charge in [-0.15, -0.1) is 5.10 Å². The molecule has 2 aliphatic rings. The number of likely N-dealkylation sites (tertiary alicyclic amines) is 1. The Kier molecular flexibility index (Phi) is 4.71. The smallest absolute Gasteiger partial charge is 0.233 e. The number of amides is 1. The van der Waals surface area contributed by atoms with E-state index in [0.717, 1.165) is 25.1 Å². The first-order valence-electron chi connectivity index (χ1n) is 9.21. The van der Waals surface area contributed by atoms with Crippen LogP contribution in [0.1, 0.15) is 40.0 Å². The number of tetrazole rings is 1. The van der Waals surface area contributed by atoms with E-state index < -0.39 is 0 Å². The second kappa shape index (κ2) is 6.78. The Morgan fingerprint density at radius 1 is 1.26 bits per heavy atom. The minimum absolute atomic E-state index is 0.178. The average molecular weight is 406 g/mol. The zero-order valence-electron chi connectivity index (χ0n) is 15.9. The van der Waals surface area contributed by atoms with Crippen LogP contribution >= 0.6 is 23.4 Å². The lowest BCUT2D eigenvalue weighted by molar-refractivity contribution is -0.129. The van der Waals surface area contributed by atoms with E-state index in [1.807, 2.05) is 12.1 Å². The van der Waals surface area contributed by atoms with Crippen molar-refractivity contribution in [3.8, 4) is 5.69 Å². The summed E-state index contributed by atoms with van der Waals surface area (Å²) in [5.41, 5.74) is 1.38. The maximum absolute atomic E-state index is 12.9. The number of rotatable bonds is 4. The van der Waals surface area contributed by atoms with Crippen molar-refractivity contribution in [2.45, 2.75) is 51.2 Å². The van der Waals surface area contributed by atoms with Gasteiger partial charge in [0.15, 0.2) is 0 Å². The molecule has 0 spiro atoms. The molecule has 0 radical (unpaired) electrons. The minimum Gasteiger partial charge on any atom is -0.338 e. The van der Waals surface area contributed by atoms with Crippen LogP contribution in [0.5, 0.6) is 0 Å². The molecule has 0 unspecified atom stereocenters. The fourth-order valence-electron chi connectivity index (χ4n) is 4.97. The summed E-state index contributed by atoms with van der Waals surface area (Å²) in [5, 5.41) is 13.2. The number of hydrogen-bond donors (Lipinski definition) is 0. The maximum atomic E-state index is 12.9. The summed E-state index contributed by atoms with van der Waals surface area (Å²) in [6.07, 6.45) is 3.39. The third-order valence-electron chi connectivity index (χ3n) is 5.57. The van der Waals surface area contributed by atoms with E-state index in [2.05, 4.69) is 41.2 Å². The number of fused-ring (bicyclic) bond motifs is 2. The molecule has 2 aromatic rings. The zero-order valence-corrected chi connectivity index (χ0v) is 17.4. The molecule has 1 aromatic heterocycles. The lowest BCUT2D eigenvalue weighted by atomic mass is 9.65. The number of hydrogen-bond acceptors (Lipinski definition) is 5. The monoisotopic (exact) mass is 405 g/mol. The fraction of sp³-hybridized carbons (Fsp3) is 0.579. The molecule has 1 saturated heterocycles. The third-order valence-corrected chi connectivity index (χ3v) is 6.73. The van der Waals surface area contributed by atoms with E-state index in [1.165, 1.54) is 18.2 Å². The highest BCUT2D eigenvalue weighted by atomic mass is 35.5. The second-order valence-electron chi connectivity index (χ2n) is 8.87. The van der Waals surface area contributed by atoms with Gasteiger partial charge in [0.1, 0.15) is 0 Å². The largest absolute Gasteiger partial charge is 0.338 e. The normalized spacial score (nSPS) is 26.4. The predicted molar refractivity (Wildman–Crippen MR) is 106 cm³/mol. The van der Waals surface area contributed by atoms with Crippen LogP contribution in [0.15, 0.2) is 29.4 Å². The van der Waals surface area contributed by atoms with Gasteiger partial charge in [0.25, 0.3) is 0 Å². The van der Waals surface area contributed by atoms with Crippen LogP contribution in [0, 0.1) is 10.8 Å². The van der Waals surface area contributed by atoms with E-state index in [9.17, 15) is 4.79 Å². The molecule has 1 aliphatic carbocycles. The molecule has 2 heterocycles. The highest BCUT2D eigenvalue weighted by molar-refractivity contribution is 7.99. The molecule has 2 fully saturated rings. The third kappa shape index (κ3) is 3.85. The van der Waals surface area contributed by atoms with Crippen LogP contribution in [-0.2, 0) is 4.79 Å². The molecule has 1 saturated carbocycles. The Morgan fingerprint density at radius 3 is 2.74 bits per heavy atom. The quantitative estimate of drug-likeness (QED) is 0.723. The van der Waals surface area contributed by atoms with E-state index >= 15 is 0 Å². The molecule has 2 atom stereocenters. The molecule has 27 heavy (non-hydrogen) atoms. The maximum Gasteiger partial charge on any atom is 0.233 e. The number of halogens is 1. The summed E-state index contributed by atoms with van der Waals surface area (Å²) in [6, 6.07) is 7.67. The first-order chi connectivity index (χ1) is 12.7. The highest BCUT2D eigenvalue weighted by Crippen LogP contribution is 2.52. The summed E-state index contributed by atoms with van der Waals surface area (Å²) in [6.45, 7) is 7.83. The van der Waals surface area contributed by atoms with Gasteiger partial charge in [-0.3, -0.25) is 4.79 Å². The molecule has 1 aliphatic heterocycles. The first-order valence-corrected chi connectivity index (χ1v) is 10.6. The number of thioether (sulfide) groups is 1. The van der Waals surface area contributed by atoms with Crippen LogP contribution < -0.4 is 0 Å². The van der Waals surface area contributed by atoms with Crippen molar-refractivity contribution in [1.29, 1.82) is 0 Å². The van der Waals surface area contributed by atoms with Gasteiger partial charge in [-0.2, -0.15) is 4.68 Å². The summed E-state index contributed by atoms with van der Waals surface area (Å²) in [4.78, 5) is 15.0.